The van der Waals surface area contributed by atoms with Crippen LogP contribution < -0.4 is 5.32 Å². The van der Waals surface area contributed by atoms with Crippen molar-refractivity contribution in [2.24, 2.45) is 0 Å². The molecule has 0 unspecified atom stereocenters. The van der Waals surface area contributed by atoms with Gasteiger partial charge in [-0.15, -0.1) is 5.10 Å². The molecule has 2 heterocycles. The van der Waals surface area contributed by atoms with E-state index < -0.39 is 0 Å². The van der Waals surface area contributed by atoms with E-state index >= 15 is 0 Å². The summed E-state index contributed by atoms with van der Waals surface area (Å²) in [6, 6.07) is 1.02. The molecule has 124 valence electrons. The number of nitrogens with one attached hydrogen (secondary N) is 1. The smallest absolute Gasteiger partial charge is 0.168 e. The molecule has 1 saturated heterocycles. The quantitative estimate of drug-likeness (QED) is 0.875. The van der Waals surface area contributed by atoms with Gasteiger partial charge in [0.25, 0.3) is 0 Å². The molecule has 1 aliphatic heterocycles. The summed E-state index contributed by atoms with van der Waals surface area (Å²) in [6.07, 6.45) is 10.1. The van der Waals surface area contributed by atoms with Gasteiger partial charge in [0.15, 0.2) is 5.82 Å². The zero-order chi connectivity index (χ0) is 15.4. The number of hydrogen-bond donors (Lipinski definition) is 1. The van der Waals surface area contributed by atoms with Crippen molar-refractivity contribution < 1.29 is 4.74 Å². The van der Waals surface area contributed by atoms with Gasteiger partial charge in [0.2, 0.25) is 0 Å². The van der Waals surface area contributed by atoms with E-state index in [-0.39, 0.29) is 6.04 Å². The first-order chi connectivity index (χ1) is 10.8. The lowest BCUT2D eigenvalue weighted by molar-refractivity contribution is 0.0727. The van der Waals surface area contributed by atoms with E-state index in [1.54, 1.807) is 0 Å². The van der Waals surface area contributed by atoms with Gasteiger partial charge in [-0.05, 0) is 49.5 Å². The Labute approximate surface area is 133 Å². The average Bonchev–Trinajstić information content (AvgIpc) is 3.24. The Bertz CT molecular complexity index is 451. The van der Waals surface area contributed by atoms with Crippen molar-refractivity contribution in [3.8, 4) is 0 Å². The molecule has 22 heavy (non-hydrogen) atoms. The van der Waals surface area contributed by atoms with Crippen molar-refractivity contribution >= 4 is 0 Å². The second-order valence-electron chi connectivity index (χ2n) is 6.73. The molecule has 1 aromatic rings. The number of aromatic nitrogens is 4. The van der Waals surface area contributed by atoms with Crippen molar-refractivity contribution in [3.63, 3.8) is 0 Å². The molecular formula is C16H29N5O. The highest BCUT2D eigenvalue weighted by Crippen LogP contribution is 2.29. The summed E-state index contributed by atoms with van der Waals surface area (Å²) in [5.74, 6) is 0.975. The highest BCUT2D eigenvalue weighted by molar-refractivity contribution is 4.95. The molecule has 3 atom stereocenters. The molecule has 1 aliphatic carbocycles. The van der Waals surface area contributed by atoms with E-state index in [4.69, 9.17) is 4.74 Å². The van der Waals surface area contributed by atoms with Crippen LogP contribution in [0.4, 0.5) is 0 Å². The second-order valence-corrected chi connectivity index (χ2v) is 6.73. The maximum absolute atomic E-state index is 5.85. The van der Waals surface area contributed by atoms with Gasteiger partial charge in [0, 0.05) is 12.6 Å². The fourth-order valence-electron chi connectivity index (χ4n) is 3.87. The van der Waals surface area contributed by atoms with Gasteiger partial charge < -0.3 is 10.1 Å². The van der Waals surface area contributed by atoms with Gasteiger partial charge in [-0.2, -0.15) is 0 Å². The first-order valence-electron chi connectivity index (χ1n) is 8.95. The van der Waals surface area contributed by atoms with Gasteiger partial charge in [-0.3, -0.25) is 0 Å². The molecule has 6 heteroatoms. The van der Waals surface area contributed by atoms with Crippen LogP contribution in [0.25, 0.3) is 0 Å². The molecule has 6 nitrogen and oxygen atoms in total. The highest BCUT2D eigenvalue weighted by atomic mass is 16.5. The van der Waals surface area contributed by atoms with Crippen molar-refractivity contribution in [2.45, 2.75) is 89.4 Å². The van der Waals surface area contributed by atoms with E-state index in [1.807, 2.05) is 0 Å². The van der Waals surface area contributed by atoms with E-state index in [1.165, 1.54) is 38.5 Å². The van der Waals surface area contributed by atoms with E-state index in [2.05, 4.69) is 39.4 Å². The number of ether oxygens (including phenoxy) is 1. The third-order valence-electron chi connectivity index (χ3n) is 5.14. The molecule has 1 N–H and O–H groups in total. The van der Waals surface area contributed by atoms with Gasteiger partial charge >= 0.3 is 0 Å². The van der Waals surface area contributed by atoms with E-state index in [9.17, 15) is 0 Å². The summed E-state index contributed by atoms with van der Waals surface area (Å²) >= 11 is 0. The number of nitrogens with zero attached hydrogens (tertiary/aromatic N) is 4. The molecule has 0 radical (unpaired) electrons. The lowest BCUT2D eigenvalue weighted by atomic mass is 9.95. The molecule has 1 saturated carbocycles. The summed E-state index contributed by atoms with van der Waals surface area (Å²) in [5, 5.41) is 16.2. The molecule has 0 spiro atoms. The molecule has 0 bridgehead atoms. The van der Waals surface area contributed by atoms with Crippen LogP contribution in [0.3, 0.4) is 0 Å². The predicted molar refractivity (Wildman–Crippen MR) is 84.5 cm³/mol. The Kier molecular flexibility index (Phi) is 5.41. The van der Waals surface area contributed by atoms with Crippen molar-refractivity contribution in [1.82, 2.24) is 25.5 Å². The monoisotopic (exact) mass is 307 g/mol. The minimum atomic E-state index is 0.158. The summed E-state index contributed by atoms with van der Waals surface area (Å²) in [5.41, 5.74) is 0. The Morgan fingerprint density at radius 2 is 2.05 bits per heavy atom. The van der Waals surface area contributed by atoms with Crippen LogP contribution in [-0.4, -0.2) is 39.0 Å². The zero-order valence-electron chi connectivity index (χ0n) is 13.9. The van der Waals surface area contributed by atoms with Gasteiger partial charge in [-0.1, -0.05) is 26.2 Å². The summed E-state index contributed by atoms with van der Waals surface area (Å²) < 4.78 is 7.92. The van der Waals surface area contributed by atoms with E-state index in [0.717, 1.165) is 25.3 Å². The Balaban J connectivity index is 1.66. The maximum Gasteiger partial charge on any atom is 0.168 e. The zero-order valence-corrected chi connectivity index (χ0v) is 13.9. The van der Waals surface area contributed by atoms with Crippen LogP contribution in [0.5, 0.6) is 0 Å². The van der Waals surface area contributed by atoms with Gasteiger partial charge in [0.1, 0.15) is 0 Å². The maximum atomic E-state index is 5.85. The van der Waals surface area contributed by atoms with E-state index in [0.29, 0.717) is 18.2 Å². The van der Waals surface area contributed by atoms with Crippen LogP contribution in [0.15, 0.2) is 0 Å². The molecular weight excluding hydrogens is 278 g/mol. The predicted octanol–water partition coefficient (Wildman–Crippen LogP) is 2.79. The van der Waals surface area contributed by atoms with Gasteiger partial charge in [-0.25, -0.2) is 4.68 Å². The molecule has 1 aromatic heterocycles. The molecule has 0 amide bonds. The average molecular weight is 307 g/mol. The Morgan fingerprint density at radius 1 is 1.23 bits per heavy atom. The molecule has 2 fully saturated rings. The minimum Gasteiger partial charge on any atom is -0.377 e. The van der Waals surface area contributed by atoms with Crippen LogP contribution in [-0.2, 0) is 4.74 Å². The molecule has 0 aromatic carbocycles. The topological polar surface area (TPSA) is 64.9 Å². The summed E-state index contributed by atoms with van der Waals surface area (Å²) in [7, 11) is 0. The molecule has 2 aliphatic rings. The first-order valence-corrected chi connectivity index (χ1v) is 8.95. The minimum absolute atomic E-state index is 0.158. The number of hydrogen-bond acceptors (Lipinski definition) is 5. The summed E-state index contributed by atoms with van der Waals surface area (Å²) in [4.78, 5) is 0. The van der Waals surface area contributed by atoms with Crippen LogP contribution in [0.2, 0.25) is 0 Å². The normalized spacial score (nSPS) is 26.2. The third kappa shape index (κ3) is 3.49. The lowest BCUT2D eigenvalue weighted by Crippen LogP contribution is -2.41. The van der Waals surface area contributed by atoms with Crippen LogP contribution >= 0.6 is 0 Å². The van der Waals surface area contributed by atoms with Crippen molar-refractivity contribution in [3.05, 3.63) is 5.82 Å². The fourth-order valence-corrected chi connectivity index (χ4v) is 3.87. The highest BCUT2D eigenvalue weighted by Gasteiger charge is 2.28. The molecule has 3 rings (SSSR count). The second kappa shape index (κ2) is 7.51. The standard InChI is InChI=1S/C16H29N5O/c1-3-14(15-10-7-11-22-15)17-12(2)16-18-19-20-21(16)13-8-5-4-6-9-13/h12-15,17H,3-11H2,1-2H3/t12-,14-,15-/m0/s1. The van der Waals surface area contributed by atoms with Crippen molar-refractivity contribution in [1.29, 1.82) is 0 Å². The number of rotatable bonds is 6. The van der Waals surface area contributed by atoms with Gasteiger partial charge in [0.05, 0.1) is 18.2 Å². The number of tetrazole rings is 1. The summed E-state index contributed by atoms with van der Waals surface area (Å²) in [6.45, 7) is 5.29. The van der Waals surface area contributed by atoms with Crippen molar-refractivity contribution in [2.75, 3.05) is 6.61 Å². The Morgan fingerprint density at radius 3 is 2.73 bits per heavy atom. The first kappa shape index (κ1) is 15.9. The fraction of sp³-hybridized carbons (Fsp3) is 0.938. The SMILES string of the molecule is CC[C@H](N[C@@H](C)c1nnnn1C1CCCCC1)[C@@H]1CCCO1. The largest absolute Gasteiger partial charge is 0.377 e. The Hall–Kier alpha value is -1.01. The third-order valence-corrected chi connectivity index (χ3v) is 5.14. The lowest BCUT2D eigenvalue weighted by Gasteiger charge is -2.28. The van der Waals surface area contributed by atoms with Crippen LogP contribution in [0.1, 0.15) is 83.1 Å². The van der Waals surface area contributed by atoms with Crippen LogP contribution in [0, 0.1) is 0 Å².